The van der Waals surface area contributed by atoms with Crippen LogP contribution in [0.3, 0.4) is 0 Å². The second kappa shape index (κ2) is 7.25. The first kappa shape index (κ1) is 18.1. The van der Waals surface area contributed by atoms with Crippen molar-refractivity contribution in [3.63, 3.8) is 0 Å². The molecule has 0 radical (unpaired) electrons. The second-order valence-electron chi connectivity index (χ2n) is 5.73. The van der Waals surface area contributed by atoms with E-state index < -0.39 is 23.3 Å². The zero-order chi connectivity index (χ0) is 19.6. The van der Waals surface area contributed by atoms with Crippen LogP contribution in [0.1, 0.15) is 15.9 Å². The lowest BCUT2D eigenvalue weighted by Gasteiger charge is -2.10. The summed E-state index contributed by atoms with van der Waals surface area (Å²) in [6, 6.07) is 10.5. The monoisotopic (exact) mass is 366 g/mol. The third kappa shape index (κ3) is 3.62. The Kier molecular flexibility index (Phi) is 4.85. The van der Waals surface area contributed by atoms with Crippen molar-refractivity contribution in [1.29, 1.82) is 0 Å². The van der Waals surface area contributed by atoms with Crippen molar-refractivity contribution in [2.45, 2.75) is 6.92 Å². The molecule has 0 aliphatic carbocycles. The lowest BCUT2D eigenvalue weighted by Crippen LogP contribution is -2.22. The minimum absolute atomic E-state index is 0.125. The predicted octanol–water partition coefficient (Wildman–Crippen LogP) is 3.62. The lowest BCUT2D eigenvalue weighted by atomic mass is 10.1. The van der Waals surface area contributed by atoms with Crippen molar-refractivity contribution in [3.05, 3.63) is 82.5 Å². The zero-order valence-electron chi connectivity index (χ0n) is 14.3. The maximum absolute atomic E-state index is 13.8. The second-order valence-corrected chi connectivity index (χ2v) is 5.73. The molecule has 3 rings (SSSR count). The predicted molar refractivity (Wildman–Crippen MR) is 100 cm³/mol. The number of rotatable bonds is 4. The van der Waals surface area contributed by atoms with E-state index in [9.17, 15) is 18.8 Å². The number of aryl methyl sites for hydroxylation is 1. The number of carbonyl (C=O) groups excluding carboxylic acids is 2. The van der Waals surface area contributed by atoms with E-state index in [1.807, 2.05) is 0 Å². The summed E-state index contributed by atoms with van der Waals surface area (Å²) >= 11 is 0. The van der Waals surface area contributed by atoms with Crippen LogP contribution in [0.25, 0.3) is 11.0 Å². The third-order valence-electron chi connectivity index (χ3n) is 3.97. The van der Waals surface area contributed by atoms with Gasteiger partial charge in [-0.1, -0.05) is 24.8 Å². The molecule has 0 saturated heterocycles. The maximum Gasteiger partial charge on any atom is 0.349 e. The lowest BCUT2D eigenvalue weighted by molar-refractivity contribution is -0.111. The van der Waals surface area contributed by atoms with E-state index in [1.54, 1.807) is 31.2 Å². The van der Waals surface area contributed by atoms with E-state index in [0.717, 1.165) is 12.1 Å². The summed E-state index contributed by atoms with van der Waals surface area (Å²) in [4.78, 5) is 36.2. The van der Waals surface area contributed by atoms with Gasteiger partial charge in [0.1, 0.15) is 17.0 Å². The van der Waals surface area contributed by atoms with Crippen LogP contribution >= 0.6 is 0 Å². The smallest absolute Gasteiger partial charge is 0.349 e. The molecule has 0 aliphatic rings. The van der Waals surface area contributed by atoms with Crippen molar-refractivity contribution < 1.29 is 18.4 Å². The average Bonchev–Trinajstić information content (AvgIpc) is 2.64. The van der Waals surface area contributed by atoms with Gasteiger partial charge < -0.3 is 15.1 Å². The number of halogens is 1. The van der Waals surface area contributed by atoms with Crippen LogP contribution in [0.5, 0.6) is 0 Å². The summed E-state index contributed by atoms with van der Waals surface area (Å²) in [7, 11) is 0. The molecule has 0 atom stereocenters. The highest BCUT2D eigenvalue weighted by atomic mass is 19.1. The van der Waals surface area contributed by atoms with Crippen LogP contribution in [0.4, 0.5) is 15.8 Å². The van der Waals surface area contributed by atoms with Gasteiger partial charge in [0.2, 0.25) is 5.91 Å². The third-order valence-corrected chi connectivity index (χ3v) is 3.97. The van der Waals surface area contributed by atoms with Crippen LogP contribution in [0.2, 0.25) is 0 Å². The van der Waals surface area contributed by atoms with Crippen molar-refractivity contribution >= 4 is 34.2 Å². The molecule has 0 bridgehead atoms. The minimum atomic E-state index is -0.772. The standard InChI is InChI=1S/C20H15FN2O4/c1-3-17(24)23-15-10-12(8-9-14(15)21)22-19(25)18-11(2)13-6-4-5-7-16(13)27-20(18)26/h3-10H,1H2,2H3,(H,22,25)(H,23,24). The number of fused-ring (bicyclic) bond motifs is 1. The molecule has 136 valence electrons. The Hall–Kier alpha value is -3.74. The molecule has 2 N–H and O–H groups in total. The van der Waals surface area contributed by atoms with Crippen molar-refractivity contribution in [2.24, 2.45) is 0 Å². The Morgan fingerprint density at radius 1 is 1.15 bits per heavy atom. The van der Waals surface area contributed by atoms with Crippen molar-refractivity contribution in [3.8, 4) is 0 Å². The zero-order valence-corrected chi connectivity index (χ0v) is 14.3. The number of hydrogen-bond donors (Lipinski definition) is 2. The molecule has 2 aromatic carbocycles. The Labute approximate surface area is 153 Å². The Balaban J connectivity index is 1.95. The molecular weight excluding hydrogens is 351 g/mol. The highest BCUT2D eigenvalue weighted by Gasteiger charge is 2.19. The van der Waals surface area contributed by atoms with Gasteiger partial charge in [0.25, 0.3) is 5.91 Å². The summed E-state index contributed by atoms with van der Waals surface area (Å²) in [5, 5.41) is 5.46. The number of anilines is 2. The number of para-hydroxylation sites is 1. The van der Waals surface area contributed by atoms with Crippen LogP contribution in [0, 0.1) is 12.7 Å². The van der Waals surface area contributed by atoms with Gasteiger partial charge in [0.15, 0.2) is 0 Å². The van der Waals surface area contributed by atoms with Crippen molar-refractivity contribution in [2.75, 3.05) is 10.6 Å². The van der Waals surface area contributed by atoms with E-state index in [-0.39, 0.29) is 16.9 Å². The van der Waals surface area contributed by atoms with Crippen LogP contribution < -0.4 is 16.3 Å². The normalized spacial score (nSPS) is 10.4. The Bertz CT molecular complexity index is 1130. The van der Waals surface area contributed by atoms with Gasteiger partial charge in [-0.3, -0.25) is 9.59 Å². The first-order valence-corrected chi connectivity index (χ1v) is 7.97. The van der Waals surface area contributed by atoms with E-state index in [0.29, 0.717) is 16.5 Å². The van der Waals surface area contributed by atoms with E-state index >= 15 is 0 Å². The molecule has 0 spiro atoms. The van der Waals surface area contributed by atoms with E-state index in [1.165, 1.54) is 12.1 Å². The van der Waals surface area contributed by atoms with Gasteiger partial charge in [0, 0.05) is 11.1 Å². The fraction of sp³-hybridized carbons (Fsp3) is 0.0500. The van der Waals surface area contributed by atoms with Gasteiger partial charge in [-0.05, 0) is 42.8 Å². The molecule has 1 aromatic heterocycles. The van der Waals surface area contributed by atoms with Crippen LogP contribution in [-0.2, 0) is 4.79 Å². The highest BCUT2D eigenvalue weighted by molar-refractivity contribution is 6.07. The van der Waals surface area contributed by atoms with Gasteiger partial charge in [0.05, 0.1) is 5.69 Å². The topological polar surface area (TPSA) is 88.4 Å². The van der Waals surface area contributed by atoms with Gasteiger partial charge in [-0.2, -0.15) is 0 Å². The van der Waals surface area contributed by atoms with E-state index in [4.69, 9.17) is 4.42 Å². The van der Waals surface area contributed by atoms with Crippen molar-refractivity contribution in [1.82, 2.24) is 0 Å². The minimum Gasteiger partial charge on any atom is -0.422 e. The summed E-state index contributed by atoms with van der Waals surface area (Å²) in [6.07, 6.45) is 0.994. The average molecular weight is 366 g/mol. The molecule has 0 aliphatic heterocycles. The summed E-state index contributed by atoms with van der Waals surface area (Å²) < 4.78 is 19.0. The molecule has 0 saturated carbocycles. The fourth-order valence-corrected chi connectivity index (χ4v) is 2.64. The van der Waals surface area contributed by atoms with E-state index in [2.05, 4.69) is 17.2 Å². The number of hydrogen-bond acceptors (Lipinski definition) is 4. The molecular formula is C20H15FN2O4. The summed E-state index contributed by atoms with van der Waals surface area (Å²) in [5.74, 6) is -1.97. The van der Waals surface area contributed by atoms with Gasteiger partial charge in [-0.25, -0.2) is 9.18 Å². The number of benzene rings is 2. The quantitative estimate of drug-likeness (QED) is 0.545. The molecule has 2 amide bonds. The molecule has 6 nitrogen and oxygen atoms in total. The largest absolute Gasteiger partial charge is 0.422 e. The molecule has 0 fully saturated rings. The number of carbonyl (C=O) groups is 2. The summed E-state index contributed by atoms with van der Waals surface area (Å²) in [6.45, 7) is 4.94. The molecule has 3 aromatic rings. The maximum atomic E-state index is 13.8. The van der Waals surface area contributed by atoms with Gasteiger partial charge in [-0.15, -0.1) is 0 Å². The summed E-state index contributed by atoms with van der Waals surface area (Å²) in [5.41, 5.74) is 0.0165. The Morgan fingerprint density at radius 2 is 1.89 bits per heavy atom. The Morgan fingerprint density at radius 3 is 2.63 bits per heavy atom. The van der Waals surface area contributed by atoms with Gasteiger partial charge >= 0.3 is 5.63 Å². The molecule has 0 unspecified atom stereocenters. The molecule has 27 heavy (non-hydrogen) atoms. The first-order valence-electron chi connectivity index (χ1n) is 7.97. The first-order chi connectivity index (χ1) is 12.9. The number of nitrogens with one attached hydrogen (secondary N) is 2. The molecule has 7 heteroatoms. The van der Waals surface area contributed by atoms with Crippen LogP contribution in [0.15, 0.2) is 64.3 Å². The van der Waals surface area contributed by atoms with Crippen LogP contribution in [-0.4, -0.2) is 11.8 Å². The fourth-order valence-electron chi connectivity index (χ4n) is 2.64. The SMILES string of the molecule is C=CC(=O)Nc1cc(NC(=O)c2c(C)c3ccccc3oc2=O)ccc1F. The molecule has 1 heterocycles. The number of amides is 2. The highest BCUT2D eigenvalue weighted by Crippen LogP contribution is 2.22.